The van der Waals surface area contributed by atoms with Gasteiger partial charge in [0.05, 0.1) is 34.3 Å². The fourth-order valence-electron chi connectivity index (χ4n) is 7.86. The zero-order valence-corrected chi connectivity index (χ0v) is 33.0. The second kappa shape index (κ2) is 17.2. The highest BCUT2D eigenvalue weighted by molar-refractivity contribution is 5.93. The first-order chi connectivity index (χ1) is 28.2. The van der Waals surface area contributed by atoms with Crippen molar-refractivity contribution < 1.29 is 24.5 Å². The molecule has 0 spiro atoms. The van der Waals surface area contributed by atoms with Gasteiger partial charge >= 0.3 is 6.09 Å². The van der Waals surface area contributed by atoms with Crippen LogP contribution in [0.2, 0.25) is 0 Å². The number of nitrogens with zero attached hydrogens (tertiary/aromatic N) is 6. The number of alkyl carbamates (subject to hydrolysis) is 1. The summed E-state index contributed by atoms with van der Waals surface area (Å²) in [4.78, 5) is 35.8. The van der Waals surface area contributed by atoms with E-state index in [0.717, 1.165) is 103 Å². The molecule has 1 amide bonds. The van der Waals surface area contributed by atoms with Crippen molar-refractivity contribution in [2.24, 2.45) is 5.73 Å². The summed E-state index contributed by atoms with van der Waals surface area (Å²) in [6, 6.07) is 26.7. The molecule has 0 saturated carbocycles. The van der Waals surface area contributed by atoms with Gasteiger partial charge in [0, 0.05) is 49.6 Å². The zero-order valence-electron chi connectivity index (χ0n) is 33.0. The van der Waals surface area contributed by atoms with Crippen LogP contribution in [-0.4, -0.2) is 93.8 Å². The van der Waals surface area contributed by atoms with Crippen LogP contribution in [0.5, 0.6) is 11.5 Å². The Morgan fingerprint density at radius 3 is 1.86 bits per heavy atom. The number of aryl methyl sites for hydroxylation is 2. The quantitative estimate of drug-likeness (QED) is 0.131. The summed E-state index contributed by atoms with van der Waals surface area (Å²) in [5.74, 6) is 3.05. The number of nitrogens with one attached hydrogen (secondary N) is 1. The number of fused-ring (bicyclic) bond motifs is 2. The molecule has 6 aromatic rings. The van der Waals surface area contributed by atoms with Crippen LogP contribution in [0.25, 0.3) is 44.6 Å². The summed E-state index contributed by atoms with van der Waals surface area (Å²) in [6.07, 6.45) is 4.47. The third kappa shape index (κ3) is 8.75. The standard InChI is InChI=1S/C26H30N4O4.C19H20N4O/c1-17-9-10-20-22(14-17)28-24(21-7-2-3-8-23(21)31)29-25(20)30-12-11-18(15-30)27-26(32)34-16-19-6-4-5-13-33-19;1-12-6-7-14-16(10-12)21-18(15-4-2-3-5-17(15)24)22-19(14)23-9-8-13(20)11-23/h2-3,7-10,14,18-19,31H,4-6,11-13,15-16H2,1H3,(H,27,32);2-7,10,13,24H,8-9,11,20H2,1H3/t;13-/m.1/s1. The fourth-order valence-corrected chi connectivity index (χ4v) is 7.86. The molecule has 2 unspecified atom stereocenters. The lowest BCUT2D eigenvalue weighted by Crippen LogP contribution is -2.39. The number of aromatic nitrogens is 4. The van der Waals surface area contributed by atoms with Crippen molar-refractivity contribution in [3.63, 3.8) is 0 Å². The molecule has 9 rings (SSSR count). The number of phenols is 2. The van der Waals surface area contributed by atoms with Gasteiger partial charge in [-0.05, 0) is 106 Å². The van der Waals surface area contributed by atoms with E-state index in [-0.39, 0.29) is 29.7 Å². The lowest BCUT2D eigenvalue weighted by molar-refractivity contribution is -0.0226. The number of anilines is 2. The molecule has 13 heteroatoms. The van der Waals surface area contributed by atoms with E-state index >= 15 is 0 Å². The Kier molecular flexibility index (Phi) is 11.5. The maximum absolute atomic E-state index is 12.4. The minimum atomic E-state index is -0.404. The van der Waals surface area contributed by atoms with Gasteiger partial charge in [0.1, 0.15) is 29.7 Å². The normalized spacial score (nSPS) is 19.3. The number of hydrogen-bond donors (Lipinski definition) is 4. The molecule has 3 fully saturated rings. The second-order valence-electron chi connectivity index (χ2n) is 15.5. The first-order valence-electron chi connectivity index (χ1n) is 20.1. The van der Waals surface area contributed by atoms with E-state index in [1.165, 1.54) is 0 Å². The molecule has 3 atom stereocenters. The van der Waals surface area contributed by atoms with E-state index in [1.54, 1.807) is 24.3 Å². The molecular formula is C45H50N8O5. The Labute approximate surface area is 337 Å². The van der Waals surface area contributed by atoms with Gasteiger partial charge in [-0.25, -0.2) is 24.7 Å². The first kappa shape index (κ1) is 38.8. The van der Waals surface area contributed by atoms with Crippen molar-refractivity contribution in [2.75, 3.05) is 49.2 Å². The van der Waals surface area contributed by atoms with Crippen molar-refractivity contribution in [1.29, 1.82) is 0 Å². The summed E-state index contributed by atoms with van der Waals surface area (Å²) in [5.41, 5.74) is 11.3. The van der Waals surface area contributed by atoms with Gasteiger partial charge in [0.15, 0.2) is 11.6 Å². The molecule has 3 aliphatic rings. The van der Waals surface area contributed by atoms with Crippen LogP contribution >= 0.6 is 0 Å². The predicted molar refractivity (Wildman–Crippen MR) is 226 cm³/mol. The monoisotopic (exact) mass is 782 g/mol. The van der Waals surface area contributed by atoms with Gasteiger partial charge in [-0.2, -0.15) is 0 Å². The largest absolute Gasteiger partial charge is 0.507 e. The molecule has 0 aliphatic carbocycles. The number of rotatable bonds is 7. The number of nitrogens with two attached hydrogens (primary N) is 1. The number of aromatic hydroxyl groups is 2. The minimum Gasteiger partial charge on any atom is -0.507 e. The maximum atomic E-state index is 12.4. The topological polar surface area (TPSA) is 172 Å². The molecule has 0 bridgehead atoms. The number of amides is 1. The molecule has 0 radical (unpaired) electrons. The van der Waals surface area contributed by atoms with Gasteiger partial charge in [-0.3, -0.25) is 0 Å². The predicted octanol–water partition coefficient (Wildman–Crippen LogP) is 7.03. The van der Waals surface area contributed by atoms with Crippen LogP contribution in [0, 0.1) is 13.8 Å². The second-order valence-corrected chi connectivity index (χ2v) is 15.5. The van der Waals surface area contributed by atoms with Crippen LogP contribution in [0.1, 0.15) is 43.2 Å². The first-order valence-corrected chi connectivity index (χ1v) is 20.1. The molecule has 5 heterocycles. The lowest BCUT2D eigenvalue weighted by Gasteiger charge is -2.23. The Balaban J connectivity index is 0.000000172. The van der Waals surface area contributed by atoms with Crippen LogP contribution in [-0.2, 0) is 9.47 Å². The van der Waals surface area contributed by atoms with E-state index in [2.05, 4.69) is 38.3 Å². The summed E-state index contributed by atoms with van der Waals surface area (Å²) in [5, 5.41) is 25.5. The molecule has 5 N–H and O–H groups in total. The summed E-state index contributed by atoms with van der Waals surface area (Å²) >= 11 is 0. The molecule has 58 heavy (non-hydrogen) atoms. The average molecular weight is 783 g/mol. The van der Waals surface area contributed by atoms with Gasteiger partial charge in [-0.1, -0.05) is 36.4 Å². The number of para-hydroxylation sites is 2. The third-order valence-corrected chi connectivity index (χ3v) is 11.0. The van der Waals surface area contributed by atoms with Gasteiger partial charge in [-0.15, -0.1) is 0 Å². The number of carbonyl (C=O) groups is 1. The Hall–Kier alpha value is -6.05. The number of benzene rings is 4. The van der Waals surface area contributed by atoms with Gasteiger partial charge in [0.25, 0.3) is 0 Å². The van der Waals surface area contributed by atoms with E-state index < -0.39 is 6.09 Å². The maximum Gasteiger partial charge on any atom is 0.407 e. The fraction of sp³-hybridized carbons (Fsp3) is 0.356. The summed E-state index contributed by atoms with van der Waals surface area (Å²) in [6.45, 7) is 8.16. The molecular weight excluding hydrogens is 733 g/mol. The highest BCUT2D eigenvalue weighted by atomic mass is 16.6. The summed E-state index contributed by atoms with van der Waals surface area (Å²) in [7, 11) is 0. The Morgan fingerprint density at radius 2 is 1.33 bits per heavy atom. The summed E-state index contributed by atoms with van der Waals surface area (Å²) < 4.78 is 11.0. The van der Waals surface area contributed by atoms with E-state index in [9.17, 15) is 15.0 Å². The van der Waals surface area contributed by atoms with E-state index in [1.807, 2.05) is 56.3 Å². The number of phenolic OH excluding ortho intramolecular Hbond substituents is 2. The van der Waals surface area contributed by atoms with E-state index in [0.29, 0.717) is 35.9 Å². The van der Waals surface area contributed by atoms with Crippen LogP contribution in [0.4, 0.5) is 16.4 Å². The Bertz CT molecular complexity index is 2420. The third-order valence-electron chi connectivity index (χ3n) is 11.0. The van der Waals surface area contributed by atoms with Crippen molar-refractivity contribution in [3.8, 4) is 34.3 Å². The molecule has 3 aliphatic heterocycles. The highest BCUT2D eigenvalue weighted by Gasteiger charge is 2.28. The number of ether oxygens (including phenoxy) is 2. The van der Waals surface area contributed by atoms with Crippen molar-refractivity contribution in [1.82, 2.24) is 25.3 Å². The van der Waals surface area contributed by atoms with Crippen LogP contribution in [0.3, 0.4) is 0 Å². The van der Waals surface area contributed by atoms with Crippen molar-refractivity contribution in [2.45, 2.75) is 64.1 Å². The van der Waals surface area contributed by atoms with Crippen LogP contribution in [0.15, 0.2) is 84.9 Å². The van der Waals surface area contributed by atoms with Gasteiger partial charge in [0.2, 0.25) is 0 Å². The van der Waals surface area contributed by atoms with Crippen molar-refractivity contribution in [3.05, 3.63) is 96.1 Å². The molecule has 300 valence electrons. The Morgan fingerprint density at radius 1 is 0.759 bits per heavy atom. The molecule has 4 aromatic carbocycles. The SMILES string of the molecule is Cc1ccc2c(N3CCC(NC(=O)OCC4CCCCO4)C3)nc(-c3ccccc3O)nc2c1.Cc1ccc2c(N3CC[C@@H](N)C3)nc(-c3ccccc3O)nc2c1. The minimum absolute atomic E-state index is 0.00300. The average Bonchev–Trinajstić information content (AvgIpc) is 3.89. The smallest absolute Gasteiger partial charge is 0.407 e. The van der Waals surface area contributed by atoms with Crippen molar-refractivity contribution >= 4 is 39.5 Å². The zero-order chi connectivity index (χ0) is 40.2. The number of hydrogen-bond acceptors (Lipinski definition) is 12. The molecule has 3 saturated heterocycles. The lowest BCUT2D eigenvalue weighted by atomic mass is 10.1. The highest BCUT2D eigenvalue weighted by Crippen LogP contribution is 2.35. The van der Waals surface area contributed by atoms with Gasteiger partial charge < -0.3 is 40.5 Å². The molecule has 13 nitrogen and oxygen atoms in total. The van der Waals surface area contributed by atoms with Crippen LogP contribution < -0.4 is 20.9 Å². The molecule has 2 aromatic heterocycles. The number of carbonyl (C=O) groups excluding carboxylic acids is 1. The van der Waals surface area contributed by atoms with E-state index in [4.69, 9.17) is 30.2 Å².